The van der Waals surface area contributed by atoms with Crippen molar-refractivity contribution in [2.24, 2.45) is 5.73 Å². The van der Waals surface area contributed by atoms with Crippen molar-refractivity contribution in [1.82, 2.24) is 0 Å². The Hall–Kier alpha value is -1.43. The predicted octanol–water partition coefficient (Wildman–Crippen LogP) is 2.75. The van der Waals surface area contributed by atoms with Crippen molar-refractivity contribution in [3.63, 3.8) is 0 Å². The summed E-state index contributed by atoms with van der Waals surface area (Å²) in [5.74, 6) is -0.656. The van der Waals surface area contributed by atoms with Crippen LogP contribution in [0.15, 0.2) is 53.4 Å². The number of hydrogen-bond acceptors (Lipinski definition) is 3. The Bertz CT molecular complexity index is 759. The summed E-state index contributed by atoms with van der Waals surface area (Å²) in [4.78, 5) is 0.206. The third-order valence-corrected chi connectivity index (χ3v) is 6.27. The molecule has 0 bridgehead atoms. The fraction of sp³-hybridized carbons (Fsp3) is 0.200. The second-order valence-corrected chi connectivity index (χ2v) is 7.66. The van der Waals surface area contributed by atoms with E-state index in [0.717, 1.165) is 5.56 Å². The van der Waals surface area contributed by atoms with Crippen LogP contribution in [-0.2, 0) is 9.84 Å². The summed E-state index contributed by atoms with van der Waals surface area (Å²) in [5.41, 5.74) is 6.68. The van der Waals surface area contributed by atoms with Crippen LogP contribution in [0.25, 0.3) is 0 Å². The highest BCUT2D eigenvalue weighted by molar-refractivity contribution is 7.92. The lowest BCUT2D eigenvalue weighted by atomic mass is 10.1. The van der Waals surface area contributed by atoms with E-state index >= 15 is 0 Å². The Labute approximate surface area is 127 Å². The Morgan fingerprint density at radius 2 is 1.57 bits per heavy atom. The second kappa shape index (κ2) is 5.09. The SMILES string of the molecule is N[C@H]1[C@H](c2ccc(F)cc2)[C@@H]1S(=O)(=O)c1ccc(Cl)cc1. The minimum absolute atomic E-state index is 0.206. The van der Waals surface area contributed by atoms with Crippen LogP contribution >= 0.6 is 11.6 Å². The number of sulfone groups is 1. The van der Waals surface area contributed by atoms with Crippen molar-refractivity contribution in [2.45, 2.75) is 22.1 Å². The van der Waals surface area contributed by atoms with Crippen LogP contribution in [0.3, 0.4) is 0 Å². The van der Waals surface area contributed by atoms with Crippen LogP contribution in [0.5, 0.6) is 0 Å². The summed E-state index contributed by atoms with van der Waals surface area (Å²) >= 11 is 5.77. The highest BCUT2D eigenvalue weighted by Gasteiger charge is 2.57. The van der Waals surface area contributed by atoms with Gasteiger partial charge in [0.1, 0.15) is 5.82 Å². The quantitative estimate of drug-likeness (QED) is 0.944. The zero-order valence-corrected chi connectivity index (χ0v) is 12.5. The molecule has 6 heteroatoms. The molecule has 21 heavy (non-hydrogen) atoms. The molecule has 1 aliphatic rings. The first-order chi connectivity index (χ1) is 9.91. The van der Waals surface area contributed by atoms with Crippen molar-refractivity contribution >= 4 is 21.4 Å². The van der Waals surface area contributed by atoms with E-state index < -0.39 is 21.1 Å². The van der Waals surface area contributed by atoms with Gasteiger partial charge in [0.15, 0.2) is 9.84 Å². The van der Waals surface area contributed by atoms with Crippen molar-refractivity contribution in [3.8, 4) is 0 Å². The number of benzene rings is 2. The molecule has 0 spiro atoms. The van der Waals surface area contributed by atoms with Gasteiger partial charge in [-0.05, 0) is 42.0 Å². The summed E-state index contributed by atoms with van der Waals surface area (Å²) in [6.07, 6.45) is 0. The van der Waals surface area contributed by atoms with E-state index in [1.807, 2.05) is 0 Å². The molecule has 3 rings (SSSR count). The van der Waals surface area contributed by atoms with Crippen LogP contribution in [0.4, 0.5) is 4.39 Å². The molecule has 0 saturated heterocycles. The molecule has 0 radical (unpaired) electrons. The molecular formula is C15H13ClFNO2S. The number of nitrogens with two attached hydrogens (primary N) is 1. The number of halogens is 2. The van der Waals surface area contributed by atoms with E-state index in [9.17, 15) is 12.8 Å². The van der Waals surface area contributed by atoms with Crippen LogP contribution in [-0.4, -0.2) is 19.7 Å². The van der Waals surface area contributed by atoms with Gasteiger partial charge < -0.3 is 5.73 Å². The zero-order chi connectivity index (χ0) is 15.2. The molecule has 0 unspecified atom stereocenters. The maximum Gasteiger partial charge on any atom is 0.183 e. The Kier molecular flexibility index (Phi) is 3.51. The van der Waals surface area contributed by atoms with E-state index in [2.05, 4.69) is 0 Å². The van der Waals surface area contributed by atoms with E-state index in [-0.39, 0.29) is 16.6 Å². The van der Waals surface area contributed by atoms with Gasteiger partial charge in [0.25, 0.3) is 0 Å². The fourth-order valence-electron chi connectivity index (χ4n) is 2.58. The third-order valence-electron chi connectivity index (χ3n) is 3.76. The summed E-state index contributed by atoms with van der Waals surface area (Å²) in [6, 6.07) is 11.3. The molecule has 1 aliphatic carbocycles. The molecule has 2 N–H and O–H groups in total. The summed E-state index contributed by atoms with van der Waals surface area (Å²) < 4.78 is 38.1. The minimum atomic E-state index is -3.52. The van der Waals surface area contributed by atoms with Gasteiger partial charge >= 0.3 is 0 Å². The van der Waals surface area contributed by atoms with Gasteiger partial charge in [0.2, 0.25) is 0 Å². The maximum absolute atomic E-state index is 12.9. The normalized spacial score (nSPS) is 24.8. The average Bonchev–Trinajstić information content (AvgIpc) is 3.12. The minimum Gasteiger partial charge on any atom is -0.326 e. The van der Waals surface area contributed by atoms with E-state index in [0.29, 0.717) is 5.02 Å². The monoisotopic (exact) mass is 325 g/mol. The van der Waals surface area contributed by atoms with Crippen molar-refractivity contribution in [1.29, 1.82) is 0 Å². The molecular weight excluding hydrogens is 313 g/mol. The van der Waals surface area contributed by atoms with Crippen molar-refractivity contribution in [2.75, 3.05) is 0 Å². The third kappa shape index (κ3) is 2.57. The van der Waals surface area contributed by atoms with Gasteiger partial charge in [0, 0.05) is 17.0 Å². The molecule has 0 aliphatic heterocycles. The van der Waals surface area contributed by atoms with Gasteiger partial charge in [0.05, 0.1) is 10.1 Å². The van der Waals surface area contributed by atoms with Gasteiger partial charge in [-0.1, -0.05) is 23.7 Å². The standard InChI is InChI=1S/C15H13ClFNO2S/c16-10-3-7-12(8-4-10)21(19,20)15-13(14(15)18)9-1-5-11(17)6-2-9/h1-8,13-15H,18H2/t13-,14-,15-/m0/s1. The maximum atomic E-state index is 12.9. The topological polar surface area (TPSA) is 60.2 Å². The lowest BCUT2D eigenvalue weighted by Crippen LogP contribution is -2.15. The number of hydrogen-bond donors (Lipinski definition) is 1. The predicted molar refractivity (Wildman–Crippen MR) is 79.5 cm³/mol. The van der Waals surface area contributed by atoms with Gasteiger partial charge in [-0.3, -0.25) is 0 Å². The number of rotatable bonds is 3. The molecule has 0 aromatic heterocycles. The molecule has 1 saturated carbocycles. The van der Waals surface area contributed by atoms with E-state index in [1.54, 1.807) is 12.1 Å². The molecule has 3 atom stereocenters. The van der Waals surface area contributed by atoms with E-state index in [1.165, 1.54) is 36.4 Å². The van der Waals surface area contributed by atoms with Crippen LogP contribution in [0.2, 0.25) is 5.02 Å². The highest BCUT2D eigenvalue weighted by atomic mass is 35.5. The largest absolute Gasteiger partial charge is 0.326 e. The van der Waals surface area contributed by atoms with Crippen LogP contribution in [0, 0.1) is 5.82 Å². The fourth-order valence-corrected chi connectivity index (χ4v) is 4.76. The second-order valence-electron chi connectivity index (χ2n) is 5.12. The first-order valence-electron chi connectivity index (χ1n) is 6.42. The first kappa shape index (κ1) is 14.5. The average molecular weight is 326 g/mol. The smallest absolute Gasteiger partial charge is 0.183 e. The molecule has 0 heterocycles. The van der Waals surface area contributed by atoms with Crippen molar-refractivity contribution in [3.05, 3.63) is 64.9 Å². The molecule has 1 fully saturated rings. The zero-order valence-electron chi connectivity index (χ0n) is 10.9. The first-order valence-corrected chi connectivity index (χ1v) is 8.34. The van der Waals surface area contributed by atoms with Crippen molar-refractivity contribution < 1.29 is 12.8 Å². The molecule has 2 aromatic carbocycles. The van der Waals surface area contributed by atoms with Gasteiger partial charge in [-0.25, -0.2) is 12.8 Å². The molecule has 0 amide bonds. The van der Waals surface area contributed by atoms with Crippen LogP contribution < -0.4 is 5.73 Å². The summed E-state index contributed by atoms with van der Waals surface area (Å²) in [7, 11) is -3.52. The Morgan fingerprint density at radius 3 is 2.14 bits per heavy atom. The van der Waals surface area contributed by atoms with E-state index in [4.69, 9.17) is 17.3 Å². The Morgan fingerprint density at radius 1 is 1.00 bits per heavy atom. The highest BCUT2D eigenvalue weighted by Crippen LogP contribution is 2.47. The lowest BCUT2D eigenvalue weighted by molar-refractivity contribution is 0.593. The van der Waals surface area contributed by atoms with Gasteiger partial charge in [-0.2, -0.15) is 0 Å². The summed E-state index contributed by atoms with van der Waals surface area (Å²) in [6.45, 7) is 0. The summed E-state index contributed by atoms with van der Waals surface area (Å²) in [5, 5.41) is -0.201. The van der Waals surface area contributed by atoms with Crippen LogP contribution in [0.1, 0.15) is 11.5 Å². The lowest BCUT2D eigenvalue weighted by Gasteiger charge is -2.04. The Balaban J connectivity index is 1.91. The molecule has 3 nitrogen and oxygen atoms in total. The van der Waals surface area contributed by atoms with Gasteiger partial charge in [-0.15, -0.1) is 0 Å². The molecule has 2 aromatic rings. The molecule has 110 valence electrons.